The summed E-state index contributed by atoms with van der Waals surface area (Å²) < 4.78 is 39.3. The monoisotopic (exact) mass is 551 g/mol. The molecule has 0 aromatic heterocycles. The molecule has 0 saturated heterocycles. The third-order valence-corrected chi connectivity index (χ3v) is 7.06. The topological polar surface area (TPSA) is 57.6 Å². The van der Waals surface area contributed by atoms with Gasteiger partial charge in [0.15, 0.2) is 0 Å². The maximum absolute atomic E-state index is 13.1. The molecule has 0 spiro atoms. The molecule has 0 aliphatic carbocycles. The van der Waals surface area contributed by atoms with Crippen molar-refractivity contribution >= 4 is 22.6 Å². The smallest absolute Gasteiger partial charge is 0.416 e. The molecule has 1 unspecified atom stereocenters. The largest absolute Gasteiger partial charge is 0.474 e. The van der Waals surface area contributed by atoms with E-state index in [1.807, 2.05) is 36.4 Å². The lowest BCUT2D eigenvalue weighted by Gasteiger charge is -2.31. The molecule has 3 rings (SSSR count). The molecule has 0 bridgehead atoms. The molecule has 7 heteroatoms. The van der Waals surface area contributed by atoms with Crippen LogP contribution in [0.15, 0.2) is 60.7 Å². The van der Waals surface area contributed by atoms with Crippen molar-refractivity contribution in [3.63, 3.8) is 0 Å². The van der Waals surface area contributed by atoms with Crippen LogP contribution >= 0.6 is 0 Å². The van der Waals surface area contributed by atoms with Gasteiger partial charge in [-0.1, -0.05) is 100 Å². The Balaban J connectivity index is 1.88. The zero-order valence-electron chi connectivity index (χ0n) is 23.1. The Bertz CT molecular complexity index is 1350. The molecule has 0 radical (unpaired) electrons. The van der Waals surface area contributed by atoms with Crippen molar-refractivity contribution in [3.05, 3.63) is 82.9 Å². The van der Waals surface area contributed by atoms with Crippen molar-refractivity contribution in [2.24, 2.45) is 0 Å². The molecule has 0 aliphatic rings. The molecule has 40 heavy (non-hydrogen) atoms. The van der Waals surface area contributed by atoms with E-state index in [2.05, 4.69) is 18.8 Å². The molecule has 3 aromatic carbocycles. The highest BCUT2D eigenvalue weighted by Gasteiger charge is 2.32. The number of hydrogen-bond donors (Lipinski definition) is 1. The van der Waals surface area contributed by atoms with Crippen LogP contribution in [0.4, 0.5) is 13.2 Å². The SMILES string of the molecule is CCCCCCCCC#Cc1ccc(CN(C(=O)C(=O)O)C(CC)c2ccc(C(F)(F)F)cc2)c2ccccc12. The molecule has 4 nitrogen and oxygen atoms in total. The lowest BCUT2D eigenvalue weighted by molar-refractivity contribution is -0.157. The normalized spacial score (nSPS) is 12.0. The second-order valence-electron chi connectivity index (χ2n) is 9.92. The number of hydrogen-bond acceptors (Lipinski definition) is 2. The fourth-order valence-corrected chi connectivity index (χ4v) is 4.92. The van der Waals surface area contributed by atoms with E-state index in [9.17, 15) is 27.9 Å². The standard InChI is InChI=1S/C33H36F3NO3/c1-3-5-6-7-8-9-10-11-14-24-17-18-26(29-16-13-12-15-28(24)29)23-37(31(38)32(39)40)30(4-2)25-19-21-27(22-20-25)33(34,35)36/h12-13,15-22,30H,3-10,23H2,1-2H3,(H,39,40). The average molecular weight is 552 g/mol. The van der Waals surface area contributed by atoms with Crippen molar-refractivity contribution in [1.82, 2.24) is 4.90 Å². The van der Waals surface area contributed by atoms with Crippen LogP contribution in [0.1, 0.15) is 93.5 Å². The van der Waals surface area contributed by atoms with Gasteiger partial charge in [-0.25, -0.2) is 4.79 Å². The predicted molar refractivity (Wildman–Crippen MR) is 151 cm³/mol. The molecule has 0 aliphatic heterocycles. The number of benzene rings is 3. The summed E-state index contributed by atoms with van der Waals surface area (Å²) >= 11 is 0. The van der Waals surface area contributed by atoms with Crippen molar-refractivity contribution in [3.8, 4) is 11.8 Å². The van der Waals surface area contributed by atoms with Gasteiger partial charge in [0.1, 0.15) is 0 Å². The van der Waals surface area contributed by atoms with Gasteiger partial charge in [-0.2, -0.15) is 13.2 Å². The number of fused-ring (bicyclic) bond motifs is 1. The zero-order valence-corrected chi connectivity index (χ0v) is 23.1. The van der Waals surface area contributed by atoms with Gasteiger partial charge in [-0.15, -0.1) is 0 Å². The van der Waals surface area contributed by atoms with E-state index < -0.39 is 29.7 Å². The van der Waals surface area contributed by atoms with Crippen molar-refractivity contribution in [1.29, 1.82) is 0 Å². The molecule has 1 N–H and O–H groups in total. The maximum Gasteiger partial charge on any atom is 0.416 e. The highest BCUT2D eigenvalue weighted by atomic mass is 19.4. The molecule has 0 fully saturated rings. The second kappa shape index (κ2) is 14.6. The lowest BCUT2D eigenvalue weighted by atomic mass is 9.96. The highest BCUT2D eigenvalue weighted by Crippen LogP contribution is 2.33. The Morgan fingerprint density at radius 1 is 0.875 bits per heavy atom. The van der Waals surface area contributed by atoms with Gasteiger partial charge in [0, 0.05) is 18.5 Å². The first kappa shape index (κ1) is 30.7. The third kappa shape index (κ3) is 8.11. The Hall–Kier alpha value is -3.79. The van der Waals surface area contributed by atoms with Crippen LogP contribution in [0.25, 0.3) is 10.8 Å². The van der Waals surface area contributed by atoms with E-state index >= 15 is 0 Å². The van der Waals surface area contributed by atoms with Crippen LogP contribution in [0.5, 0.6) is 0 Å². The Morgan fingerprint density at radius 3 is 2.15 bits per heavy atom. The number of carbonyl (C=O) groups excluding carboxylic acids is 1. The zero-order chi connectivity index (χ0) is 29.1. The minimum absolute atomic E-state index is 0.0172. The number of aliphatic carboxylic acids is 1. The maximum atomic E-state index is 13.1. The molecule has 212 valence electrons. The second-order valence-corrected chi connectivity index (χ2v) is 9.92. The Labute approximate surface area is 234 Å². The van der Waals surface area contributed by atoms with Crippen molar-refractivity contribution in [2.45, 2.75) is 84.0 Å². The number of nitrogens with zero attached hydrogens (tertiary/aromatic N) is 1. The molecule has 1 amide bonds. The summed E-state index contributed by atoms with van der Waals surface area (Å²) in [6.07, 6.45) is 3.84. The average Bonchev–Trinajstić information content (AvgIpc) is 2.94. The summed E-state index contributed by atoms with van der Waals surface area (Å²) in [5, 5.41) is 11.3. The van der Waals surface area contributed by atoms with Crippen LogP contribution in [-0.2, 0) is 22.3 Å². The molecule has 0 saturated carbocycles. The number of carboxylic acid groups (broad SMARTS) is 1. The summed E-state index contributed by atoms with van der Waals surface area (Å²) in [5.74, 6) is 3.81. The quantitative estimate of drug-likeness (QED) is 0.148. The summed E-state index contributed by atoms with van der Waals surface area (Å²) in [6, 6.07) is 15.2. The van der Waals surface area contributed by atoms with Crippen LogP contribution in [0.3, 0.4) is 0 Å². The van der Waals surface area contributed by atoms with Gasteiger partial charge in [0.05, 0.1) is 11.6 Å². The van der Waals surface area contributed by atoms with Gasteiger partial charge in [0.25, 0.3) is 0 Å². The molecule has 3 aromatic rings. The number of unbranched alkanes of at least 4 members (excludes halogenated alkanes) is 6. The van der Waals surface area contributed by atoms with E-state index in [1.165, 1.54) is 49.1 Å². The first-order chi connectivity index (χ1) is 19.2. The number of carbonyl (C=O) groups is 2. The fourth-order valence-electron chi connectivity index (χ4n) is 4.92. The number of amides is 1. The van der Waals surface area contributed by atoms with E-state index in [0.29, 0.717) is 12.0 Å². The van der Waals surface area contributed by atoms with Crippen molar-refractivity contribution < 1.29 is 27.9 Å². The summed E-state index contributed by atoms with van der Waals surface area (Å²) in [4.78, 5) is 25.9. The van der Waals surface area contributed by atoms with Crippen LogP contribution in [0, 0.1) is 11.8 Å². The highest BCUT2D eigenvalue weighted by molar-refractivity contribution is 6.31. The third-order valence-electron chi connectivity index (χ3n) is 7.06. The summed E-state index contributed by atoms with van der Waals surface area (Å²) in [7, 11) is 0. The number of alkyl halides is 3. The fraction of sp³-hybridized carbons (Fsp3) is 0.394. The van der Waals surface area contributed by atoms with E-state index in [4.69, 9.17) is 0 Å². The summed E-state index contributed by atoms with van der Waals surface area (Å²) in [5.41, 5.74) is 1.22. The molecule has 1 atom stereocenters. The first-order valence-corrected chi connectivity index (χ1v) is 13.9. The van der Waals surface area contributed by atoms with Gasteiger partial charge < -0.3 is 10.0 Å². The van der Waals surface area contributed by atoms with Crippen molar-refractivity contribution in [2.75, 3.05) is 0 Å². The molecular weight excluding hydrogens is 515 g/mol. The summed E-state index contributed by atoms with van der Waals surface area (Å²) in [6.45, 7) is 3.95. The molecular formula is C33H36F3NO3. The Kier molecular flexibility index (Phi) is 11.2. The van der Waals surface area contributed by atoms with Gasteiger partial charge in [-0.3, -0.25) is 4.79 Å². The minimum atomic E-state index is -4.49. The number of halogens is 3. The van der Waals surface area contributed by atoms with Crippen LogP contribution in [0.2, 0.25) is 0 Å². The molecule has 0 heterocycles. The lowest BCUT2D eigenvalue weighted by Crippen LogP contribution is -2.38. The van der Waals surface area contributed by atoms with E-state index in [-0.39, 0.29) is 6.54 Å². The van der Waals surface area contributed by atoms with Gasteiger partial charge in [-0.05, 0) is 52.9 Å². The first-order valence-electron chi connectivity index (χ1n) is 13.9. The van der Waals surface area contributed by atoms with Crippen LogP contribution < -0.4 is 0 Å². The van der Waals surface area contributed by atoms with Gasteiger partial charge in [0.2, 0.25) is 0 Å². The van der Waals surface area contributed by atoms with E-state index in [0.717, 1.165) is 46.9 Å². The predicted octanol–water partition coefficient (Wildman–Crippen LogP) is 8.53. The Morgan fingerprint density at radius 2 is 1.52 bits per heavy atom. The van der Waals surface area contributed by atoms with Crippen LogP contribution in [-0.4, -0.2) is 21.9 Å². The number of carboxylic acids is 1. The van der Waals surface area contributed by atoms with E-state index in [1.54, 1.807) is 6.92 Å². The minimum Gasteiger partial charge on any atom is -0.474 e. The van der Waals surface area contributed by atoms with Gasteiger partial charge >= 0.3 is 18.1 Å². The number of rotatable bonds is 11.